The van der Waals surface area contributed by atoms with Gasteiger partial charge in [0.15, 0.2) is 11.6 Å². The van der Waals surface area contributed by atoms with Crippen LogP contribution in [0.2, 0.25) is 0 Å². The van der Waals surface area contributed by atoms with Gasteiger partial charge in [0.05, 0.1) is 6.42 Å². The summed E-state index contributed by atoms with van der Waals surface area (Å²) in [5, 5.41) is 0. The second kappa shape index (κ2) is 8.77. The zero-order valence-electron chi connectivity index (χ0n) is 15.9. The Kier molecular flexibility index (Phi) is 5.74. The average Bonchev–Trinajstić information content (AvgIpc) is 2.77. The van der Waals surface area contributed by atoms with Gasteiger partial charge in [0.25, 0.3) is 0 Å². The summed E-state index contributed by atoms with van der Waals surface area (Å²) in [6.07, 6.45) is 8.43. The SMILES string of the molecule is O=C(Cc1cccnc1)N1CCC(c2nccnc2Oc2ccccc2F)CC1. The van der Waals surface area contributed by atoms with Crippen LogP contribution in [0.4, 0.5) is 4.39 Å². The number of aromatic nitrogens is 3. The number of pyridine rings is 1. The molecule has 6 nitrogen and oxygen atoms in total. The Morgan fingerprint density at radius 2 is 1.86 bits per heavy atom. The number of carbonyl (C=O) groups excluding carboxylic acids is 1. The van der Waals surface area contributed by atoms with Crippen molar-refractivity contribution >= 4 is 5.91 Å². The number of rotatable bonds is 5. The number of benzene rings is 1. The molecule has 1 aliphatic rings. The van der Waals surface area contributed by atoms with Crippen LogP contribution >= 0.6 is 0 Å². The molecule has 1 saturated heterocycles. The molecule has 0 saturated carbocycles. The Labute approximate surface area is 168 Å². The van der Waals surface area contributed by atoms with Crippen molar-refractivity contribution in [3.8, 4) is 11.6 Å². The van der Waals surface area contributed by atoms with Gasteiger partial charge in [0.1, 0.15) is 5.69 Å². The number of carbonyl (C=O) groups is 1. The highest BCUT2D eigenvalue weighted by Crippen LogP contribution is 2.34. The molecule has 148 valence electrons. The fraction of sp³-hybridized carbons (Fsp3) is 0.273. The lowest BCUT2D eigenvalue weighted by Crippen LogP contribution is -2.39. The fourth-order valence-electron chi connectivity index (χ4n) is 3.52. The Bertz CT molecular complexity index is 975. The number of ether oxygens (including phenoxy) is 1. The highest BCUT2D eigenvalue weighted by molar-refractivity contribution is 5.78. The number of para-hydroxylation sites is 1. The maximum absolute atomic E-state index is 13.9. The molecule has 0 N–H and O–H groups in total. The second-order valence-electron chi connectivity index (χ2n) is 6.97. The first-order valence-corrected chi connectivity index (χ1v) is 9.60. The third-order valence-electron chi connectivity index (χ3n) is 5.05. The minimum Gasteiger partial charge on any atom is -0.434 e. The van der Waals surface area contributed by atoms with Gasteiger partial charge < -0.3 is 9.64 Å². The predicted octanol–water partition coefficient (Wildman–Crippen LogP) is 3.75. The minimum absolute atomic E-state index is 0.0958. The van der Waals surface area contributed by atoms with Crippen molar-refractivity contribution in [1.82, 2.24) is 19.9 Å². The Morgan fingerprint density at radius 3 is 2.62 bits per heavy atom. The van der Waals surface area contributed by atoms with Crippen molar-refractivity contribution < 1.29 is 13.9 Å². The summed E-state index contributed by atoms with van der Waals surface area (Å²) in [5.74, 6) is 0.197. The Balaban J connectivity index is 1.41. The molecule has 1 aliphatic heterocycles. The number of likely N-dealkylation sites (tertiary alicyclic amines) is 1. The number of halogens is 1. The molecule has 3 heterocycles. The molecule has 0 atom stereocenters. The first-order valence-electron chi connectivity index (χ1n) is 9.60. The average molecular weight is 392 g/mol. The molecule has 1 aromatic carbocycles. The van der Waals surface area contributed by atoms with Gasteiger partial charge in [-0.1, -0.05) is 18.2 Å². The van der Waals surface area contributed by atoms with Crippen LogP contribution in [0, 0.1) is 5.82 Å². The number of hydrogen-bond acceptors (Lipinski definition) is 5. The van der Waals surface area contributed by atoms with Crippen molar-refractivity contribution in [2.75, 3.05) is 13.1 Å². The van der Waals surface area contributed by atoms with Gasteiger partial charge in [0.2, 0.25) is 11.8 Å². The molecular formula is C22H21FN4O2. The molecule has 2 aromatic heterocycles. The molecule has 4 rings (SSSR count). The smallest absolute Gasteiger partial charge is 0.241 e. The summed E-state index contributed by atoms with van der Waals surface area (Å²) in [5.41, 5.74) is 1.62. The van der Waals surface area contributed by atoms with Gasteiger partial charge in [-0.15, -0.1) is 0 Å². The van der Waals surface area contributed by atoms with Crippen LogP contribution < -0.4 is 4.74 Å². The molecule has 0 unspecified atom stereocenters. The lowest BCUT2D eigenvalue weighted by atomic mass is 9.93. The monoisotopic (exact) mass is 392 g/mol. The Hall–Kier alpha value is -3.35. The van der Waals surface area contributed by atoms with Crippen LogP contribution in [-0.2, 0) is 11.2 Å². The molecule has 0 spiro atoms. The normalized spacial score (nSPS) is 14.6. The van der Waals surface area contributed by atoms with Gasteiger partial charge in [-0.25, -0.2) is 9.37 Å². The second-order valence-corrected chi connectivity index (χ2v) is 6.97. The standard InChI is InChI=1S/C22H21FN4O2/c23-18-5-1-2-6-19(18)29-22-21(25-10-11-26-22)17-7-12-27(13-8-17)20(28)14-16-4-3-9-24-15-16/h1-6,9-11,15,17H,7-8,12-14H2. The summed E-state index contributed by atoms with van der Waals surface area (Å²) >= 11 is 0. The van der Waals surface area contributed by atoms with E-state index in [1.807, 2.05) is 17.0 Å². The summed E-state index contributed by atoms with van der Waals surface area (Å²) in [7, 11) is 0. The minimum atomic E-state index is -0.445. The molecule has 29 heavy (non-hydrogen) atoms. The van der Waals surface area contributed by atoms with Crippen molar-refractivity contribution in [1.29, 1.82) is 0 Å². The van der Waals surface area contributed by atoms with E-state index in [0.717, 1.165) is 18.4 Å². The van der Waals surface area contributed by atoms with E-state index in [0.29, 0.717) is 31.1 Å². The highest BCUT2D eigenvalue weighted by Gasteiger charge is 2.27. The molecule has 3 aromatic rings. The molecular weight excluding hydrogens is 371 g/mol. The Morgan fingerprint density at radius 1 is 1.07 bits per heavy atom. The van der Waals surface area contributed by atoms with Crippen LogP contribution in [0.5, 0.6) is 11.6 Å². The van der Waals surface area contributed by atoms with Crippen LogP contribution in [0.1, 0.15) is 30.0 Å². The number of nitrogens with zero attached hydrogens (tertiary/aromatic N) is 4. The first-order chi connectivity index (χ1) is 14.2. The maximum Gasteiger partial charge on any atom is 0.241 e. The van der Waals surface area contributed by atoms with Crippen LogP contribution in [0.3, 0.4) is 0 Å². The van der Waals surface area contributed by atoms with Crippen molar-refractivity contribution in [3.63, 3.8) is 0 Å². The number of piperidine rings is 1. The summed E-state index contributed by atoms with van der Waals surface area (Å²) in [4.78, 5) is 27.2. The van der Waals surface area contributed by atoms with Crippen LogP contribution in [0.15, 0.2) is 61.2 Å². The molecule has 0 radical (unpaired) electrons. The largest absolute Gasteiger partial charge is 0.434 e. The third kappa shape index (κ3) is 4.56. The predicted molar refractivity (Wildman–Crippen MR) is 105 cm³/mol. The van der Waals surface area contributed by atoms with Crippen LogP contribution in [-0.4, -0.2) is 38.8 Å². The van der Waals surface area contributed by atoms with E-state index in [1.165, 1.54) is 12.3 Å². The van der Waals surface area contributed by atoms with E-state index in [9.17, 15) is 9.18 Å². The molecule has 1 amide bonds. The van der Waals surface area contributed by atoms with E-state index in [4.69, 9.17) is 4.74 Å². The molecule has 0 aliphatic carbocycles. The zero-order chi connectivity index (χ0) is 20.1. The number of amides is 1. The van der Waals surface area contributed by atoms with Crippen molar-refractivity contribution in [2.45, 2.75) is 25.2 Å². The summed E-state index contributed by atoms with van der Waals surface area (Å²) in [6.45, 7) is 1.28. The van der Waals surface area contributed by atoms with E-state index in [-0.39, 0.29) is 17.6 Å². The van der Waals surface area contributed by atoms with E-state index in [2.05, 4.69) is 15.0 Å². The molecule has 7 heteroatoms. The zero-order valence-corrected chi connectivity index (χ0v) is 15.9. The lowest BCUT2D eigenvalue weighted by molar-refractivity contribution is -0.131. The van der Waals surface area contributed by atoms with Gasteiger partial charge in [-0.05, 0) is 36.6 Å². The van der Waals surface area contributed by atoms with Crippen molar-refractivity contribution in [2.24, 2.45) is 0 Å². The highest BCUT2D eigenvalue weighted by atomic mass is 19.1. The van der Waals surface area contributed by atoms with Gasteiger partial charge in [-0.2, -0.15) is 0 Å². The quantitative estimate of drug-likeness (QED) is 0.661. The first kappa shape index (κ1) is 19.0. The summed E-state index contributed by atoms with van der Waals surface area (Å²) < 4.78 is 19.7. The topological polar surface area (TPSA) is 68.2 Å². The number of hydrogen-bond donors (Lipinski definition) is 0. The lowest BCUT2D eigenvalue weighted by Gasteiger charge is -2.32. The van der Waals surface area contributed by atoms with Gasteiger partial charge in [-0.3, -0.25) is 14.8 Å². The van der Waals surface area contributed by atoms with E-state index >= 15 is 0 Å². The molecule has 0 bridgehead atoms. The van der Waals surface area contributed by atoms with Crippen molar-refractivity contribution in [3.05, 3.63) is 78.3 Å². The maximum atomic E-state index is 13.9. The van der Waals surface area contributed by atoms with Gasteiger partial charge >= 0.3 is 0 Å². The van der Waals surface area contributed by atoms with Gasteiger partial charge in [0, 0.05) is 43.8 Å². The summed E-state index contributed by atoms with van der Waals surface area (Å²) in [6, 6.07) is 9.97. The third-order valence-corrected chi connectivity index (χ3v) is 5.05. The van der Waals surface area contributed by atoms with Crippen LogP contribution in [0.25, 0.3) is 0 Å². The molecule has 1 fully saturated rings. The van der Waals surface area contributed by atoms with E-state index in [1.54, 1.807) is 36.8 Å². The van der Waals surface area contributed by atoms with E-state index < -0.39 is 5.82 Å². The fourth-order valence-corrected chi connectivity index (χ4v) is 3.52.